The Hall–Kier alpha value is -1.16. The summed E-state index contributed by atoms with van der Waals surface area (Å²) in [6.45, 7) is 4.99. The van der Waals surface area contributed by atoms with Crippen molar-refractivity contribution in [3.63, 3.8) is 0 Å². The summed E-state index contributed by atoms with van der Waals surface area (Å²) in [6.07, 6.45) is 6.37. The van der Waals surface area contributed by atoms with Gasteiger partial charge in [-0.05, 0) is 18.4 Å². The van der Waals surface area contributed by atoms with Gasteiger partial charge in [0.2, 0.25) is 0 Å². The van der Waals surface area contributed by atoms with E-state index in [1.165, 1.54) is 0 Å². The molecule has 0 aliphatic carbocycles. The summed E-state index contributed by atoms with van der Waals surface area (Å²) in [6, 6.07) is 0. The first-order valence-corrected chi connectivity index (χ1v) is 4.95. The molecular formula is C10H16N4. The van der Waals surface area contributed by atoms with Gasteiger partial charge in [-0.15, -0.1) is 0 Å². The molecule has 0 aromatic carbocycles. The third kappa shape index (κ3) is 1.70. The van der Waals surface area contributed by atoms with E-state index in [-0.39, 0.29) is 5.41 Å². The lowest BCUT2D eigenvalue weighted by Crippen LogP contribution is -2.31. The van der Waals surface area contributed by atoms with Crippen molar-refractivity contribution in [1.82, 2.24) is 9.97 Å². The van der Waals surface area contributed by atoms with Crippen molar-refractivity contribution in [1.29, 1.82) is 0 Å². The van der Waals surface area contributed by atoms with Gasteiger partial charge in [-0.3, -0.25) is 4.98 Å². The highest BCUT2D eigenvalue weighted by Gasteiger charge is 2.32. The van der Waals surface area contributed by atoms with E-state index >= 15 is 0 Å². The Labute approximate surface area is 84.2 Å². The summed E-state index contributed by atoms with van der Waals surface area (Å²) in [5, 5.41) is 0. The molecule has 1 aliphatic rings. The zero-order chi connectivity index (χ0) is 10.0. The molecule has 0 bridgehead atoms. The van der Waals surface area contributed by atoms with Crippen molar-refractivity contribution < 1.29 is 0 Å². The fourth-order valence-corrected chi connectivity index (χ4v) is 1.84. The van der Waals surface area contributed by atoms with E-state index in [2.05, 4.69) is 21.8 Å². The summed E-state index contributed by atoms with van der Waals surface area (Å²) in [4.78, 5) is 10.6. The molecule has 4 nitrogen and oxygen atoms in total. The van der Waals surface area contributed by atoms with Crippen LogP contribution in [0.1, 0.15) is 13.3 Å². The lowest BCUT2D eigenvalue weighted by atomic mass is 9.90. The molecule has 0 spiro atoms. The van der Waals surface area contributed by atoms with Crippen LogP contribution in [0.5, 0.6) is 0 Å². The van der Waals surface area contributed by atoms with Gasteiger partial charge < -0.3 is 10.6 Å². The average Bonchev–Trinajstić information content (AvgIpc) is 2.63. The molecule has 1 aliphatic heterocycles. The van der Waals surface area contributed by atoms with Crippen LogP contribution >= 0.6 is 0 Å². The summed E-state index contributed by atoms with van der Waals surface area (Å²) in [7, 11) is 0. The number of aromatic nitrogens is 2. The third-order valence-electron chi connectivity index (χ3n) is 2.92. The van der Waals surface area contributed by atoms with Crippen LogP contribution in [0.25, 0.3) is 0 Å². The number of hydrogen-bond donors (Lipinski definition) is 1. The molecule has 1 atom stereocenters. The van der Waals surface area contributed by atoms with Crippen molar-refractivity contribution in [3.8, 4) is 0 Å². The van der Waals surface area contributed by atoms with Crippen LogP contribution in [0.2, 0.25) is 0 Å². The van der Waals surface area contributed by atoms with Gasteiger partial charge in [-0.1, -0.05) is 6.92 Å². The minimum atomic E-state index is 0.248. The van der Waals surface area contributed by atoms with Gasteiger partial charge in [0.25, 0.3) is 0 Å². The van der Waals surface area contributed by atoms with Crippen LogP contribution in [0.15, 0.2) is 18.6 Å². The predicted molar refractivity (Wildman–Crippen MR) is 56.0 cm³/mol. The molecule has 1 unspecified atom stereocenters. The summed E-state index contributed by atoms with van der Waals surface area (Å²) in [5.41, 5.74) is 5.99. The van der Waals surface area contributed by atoms with E-state index in [4.69, 9.17) is 5.73 Å². The van der Waals surface area contributed by atoms with Crippen molar-refractivity contribution in [3.05, 3.63) is 18.6 Å². The topological polar surface area (TPSA) is 55.0 Å². The van der Waals surface area contributed by atoms with Crippen molar-refractivity contribution in [2.75, 3.05) is 24.5 Å². The van der Waals surface area contributed by atoms with E-state index in [1.54, 1.807) is 12.4 Å². The highest BCUT2D eigenvalue weighted by atomic mass is 15.2. The van der Waals surface area contributed by atoms with Crippen LogP contribution in [0, 0.1) is 5.41 Å². The zero-order valence-corrected chi connectivity index (χ0v) is 8.48. The molecule has 2 heterocycles. The molecule has 76 valence electrons. The second-order valence-electron chi connectivity index (χ2n) is 4.25. The van der Waals surface area contributed by atoms with Crippen molar-refractivity contribution >= 4 is 5.82 Å². The van der Waals surface area contributed by atoms with Crippen LogP contribution in [0.3, 0.4) is 0 Å². The SMILES string of the molecule is CC1(CN)CCN(c2cnccn2)C1. The molecule has 4 heteroatoms. The maximum Gasteiger partial charge on any atom is 0.147 e. The maximum absolute atomic E-state index is 5.75. The van der Waals surface area contributed by atoms with Gasteiger partial charge in [-0.2, -0.15) is 0 Å². The molecule has 0 radical (unpaired) electrons. The van der Waals surface area contributed by atoms with Crippen LogP contribution in [0.4, 0.5) is 5.82 Å². The molecule has 2 N–H and O–H groups in total. The Bertz CT molecular complexity index is 300. The van der Waals surface area contributed by atoms with Gasteiger partial charge in [0.1, 0.15) is 5.82 Å². The second kappa shape index (κ2) is 3.53. The molecule has 0 saturated carbocycles. The summed E-state index contributed by atoms with van der Waals surface area (Å²) < 4.78 is 0. The standard InChI is InChI=1S/C10H16N4/c1-10(7-11)2-5-14(8-10)9-6-12-3-4-13-9/h3-4,6H,2,5,7-8,11H2,1H3. The molecule has 1 fully saturated rings. The first-order valence-electron chi connectivity index (χ1n) is 4.95. The Balaban J connectivity index is 2.10. The molecule has 1 saturated heterocycles. The number of anilines is 1. The van der Waals surface area contributed by atoms with E-state index in [9.17, 15) is 0 Å². The number of nitrogens with two attached hydrogens (primary N) is 1. The molecule has 1 aromatic heterocycles. The Kier molecular flexibility index (Phi) is 2.37. The van der Waals surface area contributed by atoms with Crippen LogP contribution in [-0.4, -0.2) is 29.6 Å². The van der Waals surface area contributed by atoms with E-state index in [1.807, 2.05) is 6.20 Å². The van der Waals surface area contributed by atoms with E-state index < -0.39 is 0 Å². The average molecular weight is 192 g/mol. The second-order valence-corrected chi connectivity index (χ2v) is 4.25. The van der Waals surface area contributed by atoms with Gasteiger partial charge in [-0.25, -0.2) is 4.98 Å². The van der Waals surface area contributed by atoms with Gasteiger partial charge >= 0.3 is 0 Å². The number of rotatable bonds is 2. The third-order valence-corrected chi connectivity index (χ3v) is 2.92. The maximum atomic E-state index is 5.75. The summed E-state index contributed by atoms with van der Waals surface area (Å²) >= 11 is 0. The largest absolute Gasteiger partial charge is 0.355 e. The fraction of sp³-hybridized carbons (Fsp3) is 0.600. The van der Waals surface area contributed by atoms with Crippen LogP contribution < -0.4 is 10.6 Å². The Morgan fingerprint density at radius 2 is 2.43 bits per heavy atom. The lowest BCUT2D eigenvalue weighted by molar-refractivity contribution is 0.383. The number of hydrogen-bond acceptors (Lipinski definition) is 4. The lowest BCUT2D eigenvalue weighted by Gasteiger charge is -2.22. The van der Waals surface area contributed by atoms with Crippen LogP contribution in [-0.2, 0) is 0 Å². The van der Waals surface area contributed by atoms with Crippen molar-refractivity contribution in [2.24, 2.45) is 11.1 Å². The highest BCUT2D eigenvalue weighted by Crippen LogP contribution is 2.30. The normalized spacial score (nSPS) is 26.9. The van der Waals surface area contributed by atoms with E-state index in [0.29, 0.717) is 0 Å². The fourth-order valence-electron chi connectivity index (χ4n) is 1.84. The van der Waals surface area contributed by atoms with Gasteiger partial charge in [0.15, 0.2) is 0 Å². The van der Waals surface area contributed by atoms with Gasteiger partial charge in [0, 0.05) is 25.5 Å². The minimum Gasteiger partial charge on any atom is -0.355 e. The predicted octanol–water partition coefficient (Wildman–Crippen LogP) is 0.652. The Morgan fingerprint density at radius 3 is 3.00 bits per heavy atom. The smallest absolute Gasteiger partial charge is 0.147 e. The first-order chi connectivity index (χ1) is 6.73. The molecular weight excluding hydrogens is 176 g/mol. The monoisotopic (exact) mass is 192 g/mol. The van der Waals surface area contributed by atoms with E-state index in [0.717, 1.165) is 31.9 Å². The number of nitrogens with zero attached hydrogens (tertiary/aromatic N) is 3. The first kappa shape index (κ1) is 9.40. The summed E-state index contributed by atoms with van der Waals surface area (Å²) in [5.74, 6) is 0.963. The molecule has 14 heavy (non-hydrogen) atoms. The molecule has 0 amide bonds. The van der Waals surface area contributed by atoms with Gasteiger partial charge in [0.05, 0.1) is 6.20 Å². The Morgan fingerprint density at radius 1 is 1.57 bits per heavy atom. The molecule has 1 aromatic rings. The zero-order valence-electron chi connectivity index (χ0n) is 8.48. The minimum absolute atomic E-state index is 0.248. The quantitative estimate of drug-likeness (QED) is 0.747. The molecule has 2 rings (SSSR count). The highest BCUT2D eigenvalue weighted by molar-refractivity contribution is 5.37. The van der Waals surface area contributed by atoms with Crippen molar-refractivity contribution in [2.45, 2.75) is 13.3 Å².